The number of thiophene rings is 1. The number of carbonyl (C=O) groups is 1. The minimum atomic E-state index is -0.196. The molecular weight excluding hydrogens is 318 g/mol. The molecule has 1 atom stereocenters. The zero-order valence-corrected chi connectivity index (χ0v) is 13.6. The molecule has 0 spiro atoms. The highest BCUT2D eigenvalue weighted by Gasteiger charge is 2.16. The first-order valence-corrected chi connectivity index (χ1v) is 8.45. The molecule has 2 heterocycles. The first kappa shape index (κ1) is 15.2. The number of fused-ring (bicyclic) bond motifs is 1. The van der Waals surface area contributed by atoms with Gasteiger partial charge in [-0.25, -0.2) is 0 Å². The Bertz CT molecular complexity index is 680. The molecule has 0 aliphatic carbocycles. The summed E-state index contributed by atoms with van der Waals surface area (Å²) in [6, 6.07) is 7.82. The van der Waals surface area contributed by atoms with Gasteiger partial charge in [0.1, 0.15) is 0 Å². The molecule has 0 bridgehead atoms. The van der Waals surface area contributed by atoms with Gasteiger partial charge < -0.3 is 10.1 Å². The third-order valence-corrected chi connectivity index (χ3v) is 4.74. The summed E-state index contributed by atoms with van der Waals surface area (Å²) in [7, 11) is 0. The van der Waals surface area contributed by atoms with Crippen molar-refractivity contribution in [1.82, 2.24) is 16.2 Å². The molecule has 1 fully saturated rings. The summed E-state index contributed by atoms with van der Waals surface area (Å²) in [6.07, 6.45) is 2.34. The van der Waals surface area contributed by atoms with Gasteiger partial charge in [-0.3, -0.25) is 15.6 Å². The van der Waals surface area contributed by atoms with Crippen molar-refractivity contribution >= 4 is 44.7 Å². The van der Waals surface area contributed by atoms with E-state index in [4.69, 9.17) is 17.0 Å². The maximum Gasteiger partial charge on any atom is 0.271 e. The Labute approximate surface area is 138 Å². The number of nitrogens with one attached hydrogen (secondary N) is 3. The van der Waals surface area contributed by atoms with Crippen molar-refractivity contribution in [2.24, 2.45) is 0 Å². The molecule has 3 rings (SSSR count). The quantitative estimate of drug-likeness (QED) is 0.593. The van der Waals surface area contributed by atoms with Crippen LogP contribution in [-0.4, -0.2) is 30.3 Å². The number of amides is 1. The van der Waals surface area contributed by atoms with Crippen molar-refractivity contribution in [3.05, 3.63) is 35.2 Å². The average molecular weight is 335 g/mol. The molecule has 0 unspecified atom stereocenters. The standard InChI is InChI=1S/C15H17N3O2S2/c19-14(12-9-22-13-6-2-1-5-11(12)13)17-18-15(21)16-8-10-4-3-7-20-10/h1-2,5-6,9-10H,3-4,7-8H2,(H,17,19)(H2,16,18,21)/t10-/m1/s1. The van der Waals surface area contributed by atoms with Crippen LogP contribution in [0.2, 0.25) is 0 Å². The molecular formula is C15H17N3O2S2. The third kappa shape index (κ3) is 3.55. The molecule has 5 nitrogen and oxygen atoms in total. The number of hydrogen-bond donors (Lipinski definition) is 3. The minimum absolute atomic E-state index is 0.196. The largest absolute Gasteiger partial charge is 0.376 e. The first-order valence-electron chi connectivity index (χ1n) is 7.16. The smallest absolute Gasteiger partial charge is 0.271 e. The second-order valence-corrected chi connectivity index (χ2v) is 6.39. The zero-order chi connectivity index (χ0) is 15.4. The monoisotopic (exact) mass is 335 g/mol. The SMILES string of the molecule is O=C(NNC(=S)NC[C@H]1CCCO1)c1csc2ccccc12. The summed E-state index contributed by atoms with van der Waals surface area (Å²) in [5.41, 5.74) is 6.00. The van der Waals surface area contributed by atoms with Gasteiger partial charge in [0.2, 0.25) is 0 Å². The fourth-order valence-electron chi connectivity index (χ4n) is 2.39. The van der Waals surface area contributed by atoms with Crippen LogP contribution in [0.1, 0.15) is 23.2 Å². The average Bonchev–Trinajstić information content (AvgIpc) is 3.19. The third-order valence-electron chi connectivity index (χ3n) is 3.53. The Morgan fingerprint density at radius 2 is 2.23 bits per heavy atom. The van der Waals surface area contributed by atoms with Crippen molar-refractivity contribution in [1.29, 1.82) is 0 Å². The number of hydrogen-bond acceptors (Lipinski definition) is 4. The first-order chi connectivity index (χ1) is 10.7. The second kappa shape index (κ2) is 7.04. The van der Waals surface area contributed by atoms with Gasteiger partial charge in [0.25, 0.3) is 5.91 Å². The van der Waals surface area contributed by atoms with Crippen LogP contribution in [0.15, 0.2) is 29.6 Å². The van der Waals surface area contributed by atoms with Crippen LogP contribution < -0.4 is 16.2 Å². The van der Waals surface area contributed by atoms with E-state index < -0.39 is 0 Å². The molecule has 1 amide bonds. The van der Waals surface area contributed by atoms with Crippen LogP contribution in [-0.2, 0) is 4.74 Å². The van der Waals surface area contributed by atoms with Crippen LogP contribution in [0.25, 0.3) is 10.1 Å². The van der Waals surface area contributed by atoms with Gasteiger partial charge in [-0.1, -0.05) is 18.2 Å². The molecule has 0 radical (unpaired) electrons. The van der Waals surface area contributed by atoms with Gasteiger partial charge in [0, 0.05) is 28.6 Å². The predicted octanol–water partition coefficient (Wildman–Crippen LogP) is 2.19. The molecule has 2 aromatic rings. The van der Waals surface area contributed by atoms with Crippen molar-refractivity contribution in [3.63, 3.8) is 0 Å². The molecule has 0 saturated carbocycles. The van der Waals surface area contributed by atoms with E-state index >= 15 is 0 Å². The lowest BCUT2D eigenvalue weighted by Crippen LogP contribution is -2.48. The van der Waals surface area contributed by atoms with Crippen molar-refractivity contribution in [3.8, 4) is 0 Å². The number of ether oxygens (including phenoxy) is 1. The van der Waals surface area contributed by atoms with Gasteiger partial charge in [-0.15, -0.1) is 11.3 Å². The lowest BCUT2D eigenvalue weighted by Gasteiger charge is -2.14. The predicted molar refractivity (Wildman–Crippen MR) is 92.0 cm³/mol. The minimum Gasteiger partial charge on any atom is -0.376 e. The van der Waals surface area contributed by atoms with E-state index in [0.717, 1.165) is 29.5 Å². The topological polar surface area (TPSA) is 62.4 Å². The van der Waals surface area contributed by atoms with E-state index in [1.807, 2.05) is 29.6 Å². The van der Waals surface area contributed by atoms with Gasteiger partial charge in [0.05, 0.1) is 11.7 Å². The van der Waals surface area contributed by atoms with Crippen molar-refractivity contribution in [2.45, 2.75) is 18.9 Å². The summed E-state index contributed by atoms with van der Waals surface area (Å²) < 4.78 is 6.59. The van der Waals surface area contributed by atoms with Crippen molar-refractivity contribution in [2.75, 3.05) is 13.2 Å². The maximum absolute atomic E-state index is 12.2. The van der Waals surface area contributed by atoms with Crippen LogP contribution in [0.5, 0.6) is 0 Å². The van der Waals surface area contributed by atoms with E-state index in [1.54, 1.807) is 11.3 Å². The maximum atomic E-state index is 12.2. The molecule has 22 heavy (non-hydrogen) atoms. The van der Waals surface area contributed by atoms with E-state index in [0.29, 0.717) is 17.2 Å². The van der Waals surface area contributed by atoms with Crippen LogP contribution >= 0.6 is 23.6 Å². The van der Waals surface area contributed by atoms with E-state index in [1.165, 1.54) is 0 Å². The fourth-order valence-corrected chi connectivity index (χ4v) is 3.47. The Morgan fingerprint density at radius 1 is 1.36 bits per heavy atom. The van der Waals surface area contributed by atoms with Crippen molar-refractivity contribution < 1.29 is 9.53 Å². The summed E-state index contributed by atoms with van der Waals surface area (Å²) in [6.45, 7) is 1.47. The highest BCUT2D eigenvalue weighted by Crippen LogP contribution is 2.25. The van der Waals surface area contributed by atoms with Gasteiger partial charge >= 0.3 is 0 Å². The Morgan fingerprint density at radius 3 is 3.05 bits per heavy atom. The molecule has 1 aromatic carbocycles. The van der Waals surface area contributed by atoms with Gasteiger partial charge in [0.15, 0.2) is 5.11 Å². The highest BCUT2D eigenvalue weighted by atomic mass is 32.1. The normalized spacial score (nSPS) is 17.4. The van der Waals surface area contributed by atoms with Gasteiger partial charge in [-0.2, -0.15) is 0 Å². The van der Waals surface area contributed by atoms with E-state index in [9.17, 15) is 4.79 Å². The van der Waals surface area contributed by atoms with E-state index in [-0.39, 0.29) is 12.0 Å². The molecule has 116 valence electrons. The summed E-state index contributed by atoms with van der Waals surface area (Å²) in [5.74, 6) is -0.196. The van der Waals surface area contributed by atoms with E-state index in [2.05, 4.69) is 16.2 Å². The second-order valence-electron chi connectivity index (χ2n) is 5.07. The number of benzene rings is 1. The van der Waals surface area contributed by atoms with Crippen LogP contribution in [0.4, 0.5) is 0 Å². The summed E-state index contributed by atoms with van der Waals surface area (Å²) in [5, 5.41) is 6.24. The van der Waals surface area contributed by atoms with Crippen LogP contribution in [0.3, 0.4) is 0 Å². The van der Waals surface area contributed by atoms with Crippen LogP contribution in [0, 0.1) is 0 Å². The van der Waals surface area contributed by atoms with Gasteiger partial charge in [-0.05, 0) is 31.1 Å². The lowest BCUT2D eigenvalue weighted by molar-refractivity contribution is 0.0945. The molecule has 1 aliphatic rings. The number of rotatable bonds is 3. The Balaban J connectivity index is 1.50. The number of thiocarbonyl (C=S) groups is 1. The lowest BCUT2D eigenvalue weighted by atomic mass is 10.2. The Hall–Kier alpha value is -1.70. The highest BCUT2D eigenvalue weighted by molar-refractivity contribution is 7.80. The summed E-state index contributed by atoms with van der Waals surface area (Å²) >= 11 is 6.69. The zero-order valence-electron chi connectivity index (χ0n) is 11.9. The molecule has 7 heteroatoms. The Kier molecular flexibility index (Phi) is 4.87. The molecule has 1 saturated heterocycles. The molecule has 3 N–H and O–H groups in total. The summed E-state index contributed by atoms with van der Waals surface area (Å²) in [4.78, 5) is 12.2. The molecule has 1 aliphatic heterocycles. The fraction of sp³-hybridized carbons (Fsp3) is 0.333. The number of hydrazine groups is 1. The number of carbonyl (C=O) groups excluding carboxylic acids is 1. The molecule has 1 aromatic heterocycles.